The molecule has 2 heterocycles. The Balaban J connectivity index is 2.25. The summed E-state index contributed by atoms with van der Waals surface area (Å²) in [6.45, 7) is 3.81. The van der Waals surface area contributed by atoms with Gasteiger partial charge in [0.25, 0.3) is 0 Å². The van der Waals surface area contributed by atoms with Crippen molar-refractivity contribution in [3.8, 4) is 0 Å². The number of hydrogen-bond donors (Lipinski definition) is 4. The van der Waals surface area contributed by atoms with E-state index in [0.717, 1.165) is 13.3 Å². The second-order valence-electron chi connectivity index (χ2n) is 2.59. The maximum absolute atomic E-state index is 3.27. The lowest BCUT2D eigenvalue weighted by Gasteiger charge is -2.23. The molecule has 1 fully saturated rings. The maximum atomic E-state index is 3.27. The molecule has 4 heteroatoms. The number of hydrogen-bond acceptors (Lipinski definition) is 4. The topological polar surface area (TPSA) is 48.1 Å². The summed E-state index contributed by atoms with van der Waals surface area (Å²) in [5.74, 6) is 0. The van der Waals surface area contributed by atoms with Gasteiger partial charge in [0.2, 0.25) is 0 Å². The van der Waals surface area contributed by atoms with Crippen molar-refractivity contribution in [1.82, 2.24) is 21.3 Å². The molecule has 0 aromatic rings. The molecule has 56 valence electrons. The van der Waals surface area contributed by atoms with E-state index in [1.807, 2.05) is 0 Å². The molecule has 2 rings (SSSR count). The molecule has 2 aliphatic heterocycles. The van der Waals surface area contributed by atoms with Crippen molar-refractivity contribution < 1.29 is 0 Å². The number of nitrogens with one attached hydrogen (secondary N) is 4. The lowest BCUT2D eigenvalue weighted by Crippen LogP contribution is -2.47. The monoisotopic (exact) mass is 140 g/mol. The zero-order valence-corrected chi connectivity index (χ0v) is 5.99. The summed E-state index contributed by atoms with van der Waals surface area (Å²) < 4.78 is 0. The first-order chi connectivity index (χ1) is 4.88. The molecule has 1 saturated heterocycles. The fourth-order valence-corrected chi connectivity index (χ4v) is 1.36. The van der Waals surface area contributed by atoms with Crippen LogP contribution in [-0.2, 0) is 0 Å². The third kappa shape index (κ3) is 0.767. The van der Waals surface area contributed by atoms with Gasteiger partial charge >= 0.3 is 0 Å². The second kappa shape index (κ2) is 2.14. The van der Waals surface area contributed by atoms with Crippen LogP contribution in [0.15, 0.2) is 11.4 Å². The van der Waals surface area contributed by atoms with Crippen molar-refractivity contribution >= 4 is 0 Å². The van der Waals surface area contributed by atoms with Crippen molar-refractivity contribution in [1.29, 1.82) is 0 Å². The Morgan fingerprint density at radius 1 is 1.20 bits per heavy atom. The molecule has 1 atom stereocenters. The Labute approximate surface area is 60.1 Å². The highest BCUT2D eigenvalue weighted by molar-refractivity contribution is 5.20. The first kappa shape index (κ1) is 6.00. The molecular formula is C6H12N4. The highest BCUT2D eigenvalue weighted by Gasteiger charge is 2.23. The molecule has 10 heavy (non-hydrogen) atoms. The number of rotatable bonds is 0. The van der Waals surface area contributed by atoms with Crippen molar-refractivity contribution in [3.05, 3.63) is 11.4 Å². The third-order valence-corrected chi connectivity index (χ3v) is 1.94. The van der Waals surface area contributed by atoms with Crippen LogP contribution in [0.2, 0.25) is 0 Å². The molecule has 0 amide bonds. The Morgan fingerprint density at radius 3 is 2.60 bits per heavy atom. The molecule has 1 unspecified atom stereocenters. The first-order valence-electron chi connectivity index (χ1n) is 3.53. The van der Waals surface area contributed by atoms with Crippen LogP contribution in [0.25, 0.3) is 0 Å². The van der Waals surface area contributed by atoms with E-state index in [2.05, 4.69) is 28.2 Å². The Hall–Kier alpha value is -0.740. The minimum Gasteiger partial charge on any atom is -0.374 e. The maximum Gasteiger partial charge on any atom is 0.103 e. The average molecular weight is 140 g/mol. The molecule has 0 spiro atoms. The normalized spacial score (nSPS) is 31.1. The van der Waals surface area contributed by atoms with Crippen LogP contribution in [0, 0.1) is 0 Å². The highest BCUT2D eigenvalue weighted by Crippen LogP contribution is 2.08. The predicted molar refractivity (Wildman–Crippen MR) is 38.8 cm³/mol. The van der Waals surface area contributed by atoms with E-state index in [1.165, 1.54) is 11.4 Å². The first-order valence-corrected chi connectivity index (χ1v) is 3.53. The fraction of sp³-hybridized carbons (Fsp3) is 0.667. The number of allylic oxidation sites excluding steroid dienone is 1. The van der Waals surface area contributed by atoms with Gasteiger partial charge in [-0.15, -0.1) is 0 Å². The van der Waals surface area contributed by atoms with Gasteiger partial charge in [-0.1, -0.05) is 0 Å². The summed E-state index contributed by atoms with van der Waals surface area (Å²) in [7, 11) is 0. The van der Waals surface area contributed by atoms with Crippen molar-refractivity contribution in [3.63, 3.8) is 0 Å². The van der Waals surface area contributed by atoms with E-state index in [9.17, 15) is 0 Å². The van der Waals surface area contributed by atoms with Crippen molar-refractivity contribution in [2.24, 2.45) is 0 Å². The highest BCUT2D eigenvalue weighted by atomic mass is 15.3. The van der Waals surface area contributed by atoms with E-state index in [-0.39, 0.29) is 0 Å². The summed E-state index contributed by atoms with van der Waals surface area (Å²) in [6, 6.07) is 0. The standard InChI is InChI=1S/C6H12N4/c1-4-5-6(9-2-7-4)10-3-8-5/h6-10H,2-3H2,1H3. The van der Waals surface area contributed by atoms with E-state index in [4.69, 9.17) is 0 Å². The van der Waals surface area contributed by atoms with Crippen LogP contribution < -0.4 is 21.3 Å². The van der Waals surface area contributed by atoms with Crippen LogP contribution in [0.4, 0.5) is 0 Å². The van der Waals surface area contributed by atoms with E-state index in [1.54, 1.807) is 0 Å². The Kier molecular flexibility index (Phi) is 1.28. The van der Waals surface area contributed by atoms with Gasteiger partial charge in [-0.2, -0.15) is 0 Å². The largest absolute Gasteiger partial charge is 0.374 e. The van der Waals surface area contributed by atoms with Gasteiger partial charge in [0, 0.05) is 5.70 Å². The van der Waals surface area contributed by atoms with Gasteiger partial charge in [0.05, 0.1) is 19.0 Å². The van der Waals surface area contributed by atoms with E-state index < -0.39 is 0 Å². The summed E-state index contributed by atoms with van der Waals surface area (Å²) in [5.41, 5.74) is 2.50. The molecule has 2 aliphatic rings. The molecule has 0 bridgehead atoms. The van der Waals surface area contributed by atoms with Crippen LogP contribution >= 0.6 is 0 Å². The summed E-state index contributed by atoms with van der Waals surface area (Å²) in [4.78, 5) is 0. The molecule has 0 aromatic heterocycles. The average Bonchev–Trinajstić information content (AvgIpc) is 2.36. The molecule has 0 radical (unpaired) electrons. The van der Waals surface area contributed by atoms with Crippen LogP contribution in [0.1, 0.15) is 6.92 Å². The lowest BCUT2D eigenvalue weighted by molar-refractivity contribution is 0.481. The minimum atomic E-state index is 0.348. The minimum absolute atomic E-state index is 0.348. The SMILES string of the molecule is CC1=C2NCNC2NCN1. The molecule has 0 aromatic carbocycles. The van der Waals surface area contributed by atoms with Gasteiger partial charge in [0.15, 0.2) is 0 Å². The predicted octanol–water partition coefficient (Wildman–Crippen LogP) is -1.16. The molecule has 4 nitrogen and oxygen atoms in total. The van der Waals surface area contributed by atoms with Crippen LogP contribution in [0.5, 0.6) is 0 Å². The quantitative estimate of drug-likeness (QED) is 0.343. The molecule has 0 aliphatic carbocycles. The van der Waals surface area contributed by atoms with Gasteiger partial charge in [-0.05, 0) is 6.92 Å². The van der Waals surface area contributed by atoms with E-state index in [0.29, 0.717) is 6.17 Å². The summed E-state index contributed by atoms with van der Waals surface area (Å²) in [6.07, 6.45) is 0.348. The Bertz CT molecular complexity index is 175. The molecular weight excluding hydrogens is 128 g/mol. The zero-order valence-electron chi connectivity index (χ0n) is 5.99. The van der Waals surface area contributed by atoms with Gasteiger partial charge in [-0.25, -0.2) is 0 Å². The molecule has 4 N–H and O–H groups in total. The van der Waals surface area contributed by atoms with Crippen molar-refractivity contribution in [2.45, 2.75) is 13.1 Å². The van der Waals surface area contributed by atoms with Gasteiger partial charge in [0.1, 0.15) is 6.17 Å². The second-order valence-corrected chi connectivity index (χ2v) is 2.59. The smallest absolute Gasteiger partial charge is 0.103 e. The Morgan fingerprint density at radius 2 is 1.90 bits per heavy atom. The van der Waals surface area contributed by atoms with E-state index >= 15 is 0 Å². The van der Waals surface area contributed by atoms with Gasteiger partial charge in [-0.3, -0.25) is 10.6 Å². The van der Waals surface area contributed by atoms with Crippen molar-refractivity contribution in [2.75, 3.05) is 13.3 Å². The number of fused-ring (bicyclic) bond motifs is 1. The fourth-order valence-electron chi connectivity index (χ4n) is 1.36. The van der Waals surface area contributed by atoms with Crippen LogP contribution in [0.3, 0.4) is 0 Å². The molecule has 0 saturated carbocycles. The van der Waals surface area contributed by atoms with Gasteiger partial charge < -0.3 is 10.6 Å². The summed E-state index contributed by atoms with van der Waals surface area (Å²) >= 11 is 0. The van der Waals surface area contributed by atoms with Crippen LogP contribution in [-0.4, -0.2) is 19.5 Å². The third-order valence-electron chi connectivity index (χ3n) is 1.94. The lowest BCUT2D eigenvalue weighted by atomic mass is 10.2. The zero-order chi connectivity index (χ0) is 6.97. The summed E-state index contributed by atoms with van der Waals surface area (Å²) in [5, 5.41) is 13.0.